The van der Waals surface area contributed by atoms with Crippen molar-refractivity contribution in [3.8, 4) is 22.6 Å². The minimum Gasteiger partial charge on any atom is -0.415 e. The predicted octanol–water partition coefficient (Wildman–Crippen LogP) is 4.34. The average molecular weight is 436 g/mol. The number of hydrogen-bond donors (Lipinski definition) is 1. The molecule has 3 heterocycles. The van der Waals surface area contributed by atoms with Crippen LogP contribution in [-0.2, 0) is 11.3 Å². The number of nitrogens with zero attached hydrogens (tertiary/aromatic N) is 5. The Hall–Kier alpha value is -4.21. The zero-order valence-electron chi connectivity index (χ0n) is 16.9. The second kappa shape index (κ2) is 9.29. The monoisotopic (exact) mass is 436 g/mol. The molecule has 0 aliphatic carbocycles. The van der Waals surface area contributed by atoms with Crippen molar-refractivity contribution in [1.82, 2.24) is 20.2 Å². The fraction of sp³-hybridized carbons (Fsp3) is 0.136. The van der Waals surface area contributed by atoms with Crippen LogP contribution in [0.5, 0.6) is 0 Å². The summed E-state index contributed by atoms with van der Waals surface area (Å²) >= 11 is 0. The van der Waals surface area contributed by atoms with Gasteiger partial charge in [0.2, 0.25) is 12.3 Å². The van der Waals surface area contributed by atoms with Crippen molar-refractivity contribution in [1.29, 1.82) is 0 Å². The first-order valence-corrected chi connectivity index (χ1v) is 9.60. The number of hydrogen-bond acceptors (Lipinski definition) is 7. The van der Waals surface area contributed by atoms with Gasteiger partial charge in [0, 0.05) is 25.6 Å². The van der Waals surface area contributed by atoms with Gasteiger partial charge in [-0.25, -0.2) is 0 Å². The van der Waals surface area contributed by atoms with Gasteiger partial charge in [0.05, 0.1) is 29.2 Å². The van der Waals surface area contributed by atoms with E-state index in [1.807, 2.05) is 30.3 Å². The Morgan fingerprint density at radius 3 is 2.47 bits per heavy atom. The van der Waals surface area contributed by atoms with E-state index >= 15 is 0 Å². The Labute approximate surface area is 182 Å². The van der Waals surface area contributed by atoms with E-state index in [1.54, 1.807) is 31.6 Å². The summed E-state index contributed by atoms with van der Waals surface area (Å²) in [5, 5.41) is 10.0. The highest BCUT2D eigenvalue weighted by Gasteiger charge is 2.18. The third-order valence-corrected chi connectivity index (χ3v) is 4.75. The lowest BCUT2D eigenvalue weighted by Crippen LogP contribution is -2.22. The van der Waals surface area contributed by atoms with Crippen LogP contribution >= 0.6 is 0 Å². The number of aromatic nitrogens is 4. The third kappa shape index (κ3) is 4.43. The van der Waals surface area contributed by atoms with Gasteiger partial charge in [-0.15, -0.1) is 10.2 Å². The minimum atomic E-state index is -2.84. The van der Waals surface area contributed by atoms with Crippen molar-refractivity contribution < 1.29 is 18.0 Å². The topological polar surface area (TPSA) is 97.0 Å². The Bertz CT molecular complexity index is 1200. The van der Waals surface area contributed by atoms with Crippen LogP contribution in [0.3, 0.4) is 0 Å². The SMILES string of the molecule is CNc1cc(-c2ccncc2)ccc1N(C=O)Cc1ccc(-c2nnc(C(F)F)o2)cn1. The second-order valence-electron chi connectivity index (χ2n) is 6.74. The van der Waals surface area contributed by atoms with E-state index in [2.05, 4.69) is 25.5 Å². The molecular weight excluding hydrogens is 418 g/mol. The molecule has 0 saturated heterocycles. The maximum absolute atomic E-state index is 12.6. The van der Waals surface area contributed by atoms with Gasteiger partial charge < -0.3 is 14.6 Å². The summed E-state index contributed by atoms with van der Waals surface area (Å²) in [5.41, 5.74) is 4.45. The first kappa shape index (κ1) is 21.0. The molecule has 32 heavy (non-hydrogen) atoms. The number of halogens is 2. The lowest BCUT2D eigenvalue weighted by Gasteiger charge is -2.21. The summed E-state index contributed by atoms with van der Waals surface area (Å²) in [5.74, 6) is -0.790. The second-order valence-corrected chi connectivity index (χ2v) is 6.74. The lowest BCUT2D eigenvalue weighted by atomic mass is 10.1. The third-order valence-electron chi connectivity index (χ3n) is 4.75. The van der Waals surface area contributed by atoms with Crippen molar-refractivity contribution >= 4 is 17.8 Å². The Morgan fingerprint density at radius 1 is 1.06 bits per heavy atom. The van der Waals surface area contributed by atoms with Crippen molar-refractivity contribution in [3.63, 3.8) is 0 Å². The molecule has 4 rings (SSSR count). The molecule has 1 N–H and O–H groups in total. The highest BCUT2D eigenvalue weighted by Crippen LogP contribution is 2.31. The maximum Gasteiger partial charge on any atom is 0.314 e. The molecule has 3 aromatic heterocycles. The van der Waals surface area contributed by atoms with Crippen LogP contribution in [-0.4, -0.2) is 33.6 Å². The van der Waals surface area contributed by atoms with Gasteiger partial charge >= 0.3 is 6.43 Å². The molecule has 0 bridgehead atoms. The van der Waals surface area contributed by atoms with E-state index in [9.17, 15) is 13.6 Å². The van der Waals surface area contributed by atoms with Gasteiger partial charge in [0.25, 0.3) is 5.89 Å². The van der Waals surface area contributed by atoms with Crippen molar-refractivity contribution in [2.75, 3.05) is 17.3 Å². The molecule has 0 atom stereocenters. The van der Waals surface area contributed by atoms with Crippen LogP contribution < -0.4 is 10.2 Å². The van der Waals surface area contributed by atoms with Crippen LogP contribution in [0.2, 0.25) is 0 Å². The van der Waals surface area contributed by atoms with E-state index in [-0.39, 0.29) is 12.4 Å². The highest BCUT2D eigenvalue weighted by molar-refractivity contribution is 5.86. The minimum absolute atomic E-state index is 0.0456. The first-order chi connectivity index (χ1) is 15.6. The molecule has 0 aliphatic heterocycles. The van der Waals surface area contributed by atoms with E-state index in [1.165, 1.54) is 11.1 Å². The number of carbonyl (C=O) groups excluding carboxylic acids is 1. The van der Waals surface area contributed by atoms with E-state index < -0.39 is 12.3 Å². The molecule has 0 spiro atoms. The summed E-state index contributed by atoms with van der Waals surface area (Å²) in [6.45, 7) is 0.208. The van der Waals surface area contributed by atoms with Crippen LogP contribution in [0.1, 0.15) is 18.0 Å². The Balaban J connectivity index is 1.54. The zero-order chi connectivity index (χ0) is 22.5. The fourth-order valence-corrected chi connectivity index (χ4v) is 3.15. The average Bonchev–Trinajstić information content (AvgIpc) is 3.34. The summed E-state index contributed by atoms with van der Waals surface area (Å²) in [6, 6.07) is 12.8. The molecule has 0 saturated carbocycles. The molecule has 4 aromatic rings. The fourth-order valence-electron chi connectivity index (χ4n) is 3.15. The summed E-state index contributed by atoms with van der Waals surface area (Å²) in [6.07, 6.45) is 2.77. The molecule has 1 amide bonds. The van der Waals surface area contributed by atoms with E-state index in [0.29, 0.717) is 16.9 Å². The number of pyridine rings is 2. The van der Waals surface area contributed by atoms with E-state index in [4.69, 9.17) is 4.42 Å². The van der Waals surface area contributed by atoms with Gasteiger partial charge in [-0.3, -0.25) is 14.8 Å². The predicted molar refractivity (Wildman–Crippen MR) is 114 cm³/mol. The zero-order valence-corrected chi connectivity index (χ0v) is 16.9. The van der Waals surface area contributed by atoms with Gasteiger partial charge in [-0.05, 0) is 47.5 Å². The summed E-state index contributed by atoms with van der Waals surface area (Å²) < 4.78 is 30.2. The molecule has 8 nitrogen and oxygen atoms in total. The number of alkyl halides is 2. The lowest BCUT2D eigenvalue weighted by molar-refractivity contribution is -0.107. The van der Waals surface area contributed by atoms with E-state index in [0.717, 1.165) is 23.2 Å². The highest BCUT2D eigenvalue weighted by atomic mass is 19.3. The normalized spacial score (nSPS) is 10.9. The van der Waals surface area contributed by atoms with Crippen LogP contribution in [0.4, 0.5) is 20.2 Å². The molecule has 0 fully saturated rings. The number of carbonyl (C=O) groups is 1. The quantitative estimate of drug-likeness (QED) is 0.411. The maximum atomic E-state index is 12.6. The largest absolute Gasteiger partial charge is 0.415 e. The smallest absolute Gasteiger partial charge is 0.314 e. The number of benzene rings is 1. The molecule has 0 unspecified atom stereocenters. The number of anilines is 2. The number of rotatable bonds is 8. The first-order valence-electron chi connectivity index (χ1n) is 9.60. The van der Waals surface area contributed by atoms with Crippen molar-refractivity contribution in [3.05, 3.63) is 72.6 Å². The van der Waals surface area contributed by atoms with Crippen molar-refractivity contribution in [2.45, 2.75) is 13.0 Å². The number of nitrogens with one attached hydrogen (secondary N) is 1. The Morgan fingerprint density at radius 2 is 1.84 bits per heavy atom. The van der Waals surface area contributed by atoms with Crippen LogP contribution in [0, 0.1) is 0 Å². The van der Waals surface area contributed by atoms with Crippen LogP contribution in [0.15, 0.2) is 65.5 Å². The summed E-state index contributed by atoms with van der Waals surface area (Å²) in [4.78, 5) is 21.7. The molecule has 162 valence electrons. The van der Waals surface area contributed by atoms with Gasteiger partial charge in [0.1, 0.15) is 0 Å². The van der Waals surface area contributed by atoms with Gasteiger partial charge in [-0.2, -0.15) is 8.78 Å². The number of amides is 1. The van der Waals surface area contributed by atoms with Crippen molar-refractivity contribution in [2.24, 2.45) is 0 Å². The Kier molecular flexibility index (Phi) is 6.11. The van der Waals surface area contributed by atoms with Gasteiger partial charge in [0.15, 0.2) is 0 Å². The molecular formula is C22H18F2N6O2. The molecule has 0 aliphatic rings. The summed E-state index contributed by atoms with van der Waals surface area (Å²) in [7, 11) is 1.78. The standard InChI is InChI=1S/C22H18F2N6O2/c1-25-18-10-15(14-6-8-26-9-7-14)3-5-19(18)30(13-31)12-17-4-2-16(11-27-17)21-28-29-22(32-21)20(23)24/h2-11,13,20,25H,12H2,1H3. The van der Waals surface area contributed by atoms with Crippen LogP contribution in [0.25, 0.3) is 22.6 Å². The van der Waals surface area contributed by atoms with Gasteiger partial charge in [-0.1, -0.05) is 6.07 Å². The molecule has 10 heteroatoms. The molecule has 1 aromatic carbocycles. The molecule has 0 radical (unpaired) electrons.